The van der Waals surface area contributed by atoms with E-state index in [1.54, 1.807) is 0 Å². The highest BCUT2D eigenvalue weighted by Gasteiger charge is 2.31. The largest absolute Gasteiger partial charge is 0.311 e. The van der Waals surface area contributed by atoms with E-state index in [-0.39, 0.29) is 0 Å². The van der Waals surface area contributed by atoms with Crippen molar-refractivity contribution in [3.8, 4) is 0 Å². The molecule has 1 aromatic rings. The Bertz CT molecular complexity index is 430. The van der Waals surface area contributed by atoms with Gasteiger partial charge in [-0.05, 0) is 31.2 Å². The Labute approximate surface area is 122 Å². The van der Waals surface area contributed by atoms with Gasteiger partial charge < -0.3 is 5.32 Å². The number of benzene rings is 1. The van der Waals surface area contributed by atoms with Crippen LogP contribution in [0, 0.1) is 0 Å². The van der Waals surface area contributed by atoms with Crippen molar-refractivity contribution in [2.45, 2.75) is 50.7 Å². The molecule has 0 bridgehead atoms. The smallest absolute Gasteiger partial charge is 0.0236 e. The molecular formula is C18H26N2. The van der Waals surface area contributed by atoms with E-state index in [2.05, 4.69) is 59.6 Å². The first kappa shape index (κ1) is 13.8. The van der Waals surface area contributed by atoms with E-state index in [0.29, 0.717) is 12.1 Å². The van der Waals surface area contributed by atoms with Gasteiger partial charge in [0.1, 0.15) is 0 Å². The molecule has 2 atom stereocenters. The molecule has 2 nitrogen and oxygen atoms in total. The third-order valence-electron chi connectivity index (χ3n) is 4.79. The number of hydrogen-bond acceptors (Lipinski definition) is 2. The average Bonchev–Trinajstić information content (AvgIpc) is 3.02. The van der Waals surface area contributed by atoms with Gasteiger partial charge in [0.05, 0.1) is 0 Å². The van der Waals surface area contributed by atoms with E-state index >= 15 is 0 Å². The van der Waals surface area contributed by atoms with Gasteiger partial charge in [0.15, 0.2) is 0 Å². The van der Waals surface area contributed by atoms with Crippen molar-refractivity contribution in [2.24, 2.45) is 0 Å². The van der Waals surface area contributed by atoms with Crippen LogP contribution in [0.4, 0.5) is 0 Å². The second-order valence-electron chi connectivity index (χ2n) is 6.15. The van der Waals surface area contributed by atoms with Gasteiger partial charge in [-0.3, -0.25) is 4.90 Å². The average molecular weight is 270 g/mol. The van der Waals surface area contributed by atoms with Crippen LogP contribution in [0.5, 0.6) is 0 Å². The molecule has 1 fully saturated rings. The van der Waals surface area contributed by atoms with E-state index in [1.807, 2.05) is 0 Å². The predicted octanol–water partition coefficient (Wildman–Crippen LogP) is 3.00. The lowest BCUT2D eigenvalue weighted by Crippen LogP contribution is -2.59. The van der Waals surface area contributed by atoms with Crippen LogP contribution in [0.2, 0.25) is 0 Å². The maximum absolute atomic E-state index is 3.76. The lowest BCUT2D eigenvalue weighted by Gasteiger charge is -2.43. The maximum Gasteiger partial charge on any atom is 0.0236 e. The highest BCUT2D eigenvalue weighted by molar-refractivity contribution is 5.16. The van der Waals surface area contributed by atoms with Gasteiger partial charge >= 0.3 is 0 Å². The summed E-state index contributed by atoms with van der Waals surface area (Å²) in [6.45, 7) is 4.66. The zero-order valence-electron chi connectivity index (χ0n) is 12.5. The number of nitrogens with one attached hydrogen (secondary N) is 1. The van der Waals surface area contributed by atoms with E-state index in [4.69, 9.17) is 0 Å². The van der Waals surface area contributed by atoms with Crippen LogP contribution in [0.15, 0.2) is 42.5 Å². The lowest BCUT2D eigenvalue weighted by atomic mass is 9.98. The first-order chi connectivity index (χ1) is 9.86. The van der Waals surface area contributed by atoms with Crippen LogP contribution in [0.25, 0.3) is 0 Å². The topological polar surface area (TPSA) is 15.3 Å². The minimum atomic E-state index is 0.598. The van der Waals surface area contributed by atoms with E-state index in [9.17, 15) is 0 Å². The molecule has 0 amide bonds. The summed E-state index contributed by atoms with van der Waals surface area (Å²) in [6, 6.07) is 12.9. The Balaban J connectivity index is 1.63. The van der Waals surface area contributed by atoms with Crippen LogP contribution in [0.3, 0.4) is 0 Å². The quantitative estimate of drug-likeness (QED) is 0.846. The molecule has 0 saturated carbocycles. The number of rotatable bonds is 4. The van der Waals surface area contributed by atoms with Gasteiger partial charge in [-0.25, -0.2) is 0 Å². The summed E-state index contributed by atoms with van der Waals surface area (Å²) < 4.78 is 0. The van der Waals surface area contributed by atoms with Crippen molar-refractivity contribution in [3.63, 3.8) is 0 Å². The molecule has 2 unspecified atom stereocenters. The molecule has 3 rings (SSSR count). The summed E-state index contributed by atoms with van der Waals surface area (Å²) in [5, 5.41) is 3.76. The summed E-state index contributed by atoms with van der Waals surface area (Å²) in [4.78, 5) is 2.77. The van der Waals surface area contributed by atoms with Crippen LogP contribution >= 0.6 is 0 Å². The molecule has 0 radical (unpaired) electrons. The molecule has 1 N–H and O–H groups in total. The van der Waals surface area contributed by atoms with E-state index in [0.717, 1.165) is 19.0 Å². The van der Waals surface area contributed by atoms with Gasteiger partial charge in [0, 0.05) is 31.2 Å². The van der Waals surface area contributed by atoms with Gasteiger partial charge in [0.2, 0.25) is 0 Å². The van der Waals surface area contributed by atoms with Crippen LogP contribution < -0.4 is 5.32 Å². The number of nitrogens with zero attached hydrogens (tertiary/aromatic N) is 1. The summed E-state index contributed by atoms with van der Waals surface area (Å²) in [6.07, 6.45) is 9.59. The SMILES string of the molecule is CCC1CNC(Cc2ccccc2)CN1C1CC=CC1. The van der Waals surface area contributed by atoms with Gasteiger partial charge in [-0.1, -0.05) is 49.4 Å². The van der Waals surface area contributed by atoms with Crippen LogP contribution in [-0.2, 0) is 6.42 Å². The van der Waals surface area contributed by atoms with E-state index in [1.165, 1.54) is 31.4 Å². The van der Waals surface area contributed by atoms with Crippen LogP contribution in [-0.4, -0.2) is 36.1 Å². The minimum Gasteiger partial charge on any atom is -0.311 e. The molecule has 20 heavy (non-hydrogen) atoms. The van der Waals surface area contributed by atoms with Crippen molar-refractivity contribution in [3.05, 3.63) is 48.0 Å². The molecule has 1 aliphatic heterocycles. The molecule has 108 valence electrons. The third-order valence-corrected chi connectivity index (χ3v) is 4.79. The number of piperazine rings is 1. The van der Waals surface area contributed by atoms with Crippen molar-refractivity contribution < 1.29 is 0 Å². The summed E-state index contributed by atoms with van der Waals surface area (Å²) in [5.41, 5.74) is 1.45. The van der Waals surface area contributed by atoms with Crippen molar-refractivity contribution >= 4 is 0 Å². The standard InChI is InChI=1S/C18H26N2/c1-2-17-13-19-16(12-15-8-4-3-5-9-15)14-20(17)18-10-6-7-11-18/h3-9,16-19H,2,10-14H2,1H3. The zero-order valence-corrected chi connectivity index (χ0v) is 12.5. The van der Waals surface area contributed by atoms with Crippen molar-refractivity contribution in [2.75, 3.05) is 13.1 Å². The summed E-state index contributed by atoms with van der Waals surface area (Å²) in [7, 11) is 0. The Morgan fingerprint density at radius 1 is 1.15 bits per heavy atom. The highest BCUT2D eigenvalue weighted by Crippen LogP contribution is 2.23. The second-order valence-corrected chi connectivity index (χ2v) is 6.15. The fourth-order valence-corrected chi connectivity index (χ4v) is 3.62. The van der Waals surface area contributed by atoms with Crippen molar-refractivity contribution in [1.82, 2.24) is 10.2 Å². The Kier molecular flexibility index (Phi) is 4.54. The fraction of sp³-hybridized carbons (Fsp3) is 0.556. The lowest BCUT2D eigenvalue weighted by molar-refractivity contribution is 0.0836. The first-order valence-corrected chi connectivity index (χ1v) is 8.05. The van der Waals surface area contributed by atoms with Gasteiger partial charge in [-0.15, -0.1) is 0 Å². The zero-order chi connectivity index (χ0) is 13.8. The van der Waals surface area contributed by atoms with E-state index < -0.39 is 0 Å². The third kappa shape index (κ3) is 3.13. The summed E-state index contributed by atoms with van der Waals surface area (Å²) >= 11 is 0. The fourth-order valence-electron chi connectivity index (χ4n) is 3.62. The summed E-state index contributed by atoms with van der Waals surface area (Å²) in [5.74, 6) is 0. The molecule has 1 aliphatic carbocycles. The Morgan fingerprint density at radius 2 is 1.90 bits per heavy atom. The van der Waals surface area contributed by atoms with Gasteiger partial charge in [-0.2, -0.15) is 0 Å². The van der Waals surface area contributed by atoms with Gasteiger partial charge in [0.25, 0.3) is 0 Å². The molecule has 2 heteroatoms. The maximum atomic E-state index is 3.76. The molecule has 0 aromatic heterocycles. The molecule has 1 aromatic carbocycles. The normalized spacial score (nSPS) is 28.1. The van der Waals surface area contributed by atoms with Crippen LogP contribution in [0.1, 0.15) is 31.7 Å². The minimum absolute atomic E-state index is 0.598. The predicted molar refractivity (Wildman–Crippen MR) is 84.9 cm³/mol. The van der Waals surface area contributed by atoms with Crippen molar-refractivity contribution in [1.29, 1.82) is 0 Å². The Hall–Kier alpha value is -1.12. The molecular weight excluding hydrogens is 244 g/mol. The second kappa shape index (κ2) is 6.55. The monoisotopic (exact) mass is 270 g/mol. The molecule has 1 heterocycles. The molecule has 1 saturated heterocycles. The first-order valence-electron chi connectivity index (χ1n) is 8.05. The highest BCUT2D eigenvalue weighted by atomic mass is 15.3. The molecule has 2 aliphatic rings. The Morgan fingerprint density at radius 3 is 2.60 bits per heavy atom. The molecule has 0 spiro atoms. The number of hydrogen-bond donors (Lipinski definition) is 1.